The van der Waals surface area contributed by atoms with Gasteiger partial charge in [0.25, 0.3) is 5.56 Å². The molecule has 1 unspecified atom stereocenters. The molecule has 1 aromatic carbocycles. The van der Waals surface area contributed by atoms with Crippen LogP contribution >= 0.6 is 11.3 Å². The highest BCUT2D eigenvalue weighted by Gasteiger charge is 2.10. The summed E-state index contributed by atoms with van der Waals surface area (Å²) in [4.78, 5) is 29.3. The molecular weight excluding hydrogens is 336 g/mol. The highest BCUT2D eigenvalue weighted by molar-refractivity contribution is 7.84. The number of hydrogen-bond donors (Lipinski definition) is 0. The first-order chi connectivity index (χ1) is 11.0. The van der Waals surface area contributed by atoms with Crippen LogP contribution in [0.4, 0.5) is 0 Å². The lowest BCUT2D eigenvalue weighted by molar-refractivity contribution is 0.0467. The Labute approximate surface area is 137 Å². The van der Waals surface area contributed by atoms with Gasteiger partial charge >= 0.3 is 5.97 Å². The standard InChI is InChI=1S/C15H12N2O4S2/c1-23(20)12-4-2-10(3-5-12)14(19)21-9-11-8-13(18)17-6-7-22-15(17)16-11/h2-8H,9H2,1H3. The van der Waals surface area contributed by atoms with E-state index in [9.17, 15) is 13.8 Å². The average Bonchev–Trinajstić information content (AvgIpc) is 3.02. The van der Waals surface area contributed by atoms with Gasteiger partial charge in [-0.25, -0.2) is 9.78 Å². The lowest BCUT2D eigenvalue weighted by Crippen LogP contribution is -2.14. The maximum Gasteiger partial charge on any atom is 0.338 e. The van der Waals surface area contributed by atoms with Crippen molar-refractivity contribution >= 4 is 33.1 Å². The number of carbonyl (C=O) groups is 1. The summed E-state index contributed by atoms with van der Waals surface area (Å²) in [5, 5.41) is 1.76. The fourth-order valence-electron chi connectivity index (χ4n) is 1.97. The smallest absolute Gasteiger partial charge is 0.338 e. The molecule has 0 aliphatic heterocycles. The van der Waals surface area contributed by atoms with Gasteiger partial charge in [0.05, 0.1) is 11.3 Å². The number of aromatic nitrogens is 2. The van der Waals surface area contributed by atoms with Crippen LogP contribution in [0.1, 0.15) is 16.1 Å². The van der Waals surface area contributed by atoms with Crippen LogP contribution in [0.25, 0.3) is 4.96 Å². The summed E-state index contributed by atoms with van der Waals surface area (Å²) in [5.74, 6) is -0.522. The highest BCUT2D eigenvalue weighted by atomic mass is 32.2. The maximum atomic E-state index is 12.0. The molecule has 0 spiro atoms. The van der Waals surface area contributed by atoms with E-state index < -0.39 is 16.8 Å². The van der Waals surface area contributed by atoms with Crippen molar-refractivity contribution in [1.29, 1.82) is 0 Å². The normalized spacial score (nSPS) is 12.2. The molecular formula is C15H12N2O4S2. The van der Waals surface area contributed by atoms with Gasteiger partial charge < -0.3 is 4.74 Å². The van der Waals surface area contributed by atoms with E-state index in [-0.39, 0.29) is 12.2 Å². The molecule has 2 aromatic heterocycles. The van der Waals surface area contributed by atoms with Gasteiger partial charge in [-0.3, -0.25) is 13.4 Å². The van der Waals surface area contributed by atoms with E-state index in [1.807, 2.05) is 0 Å². The Morgan fingerprint density at radius 3 is 2.78 bits per heavy atom. The monoisotopic (exact) mass is 348 g/mol. The van der Waals surface area contributed by atoms with E-state index in [0.29, 0.717) is 21.1 Å². The first kappa shape index (κ1) is 15.6. The molecule has 0 radical (unpaired) electrons. The van der Waals surface area contributed by atoms with Gasteiger partial charge in [-0.1, -0.05) is 0 Å². The van der Waals surface area contributed by atoms with Crippen LogP contribution in [0.15, 0.2) is 51.6 Å². The number of hydrogen-bond acceptors (Lipinski definition) is 6. The van der Waals surface area contributed by atoms with Crippen molar-refractivity contribution in [3.8, 4) is 0 Å². The topological polar surface area (TPSA) is 77.7 Å². The SMILES string of the molecule is CS(=O)c1ccc(C(=O)OCc2cc(=O)n3ccsc3n2)cc1. The summed E-state index contributed by atoms with van der Waals surface area (Å²) in [6.07, 6.45) is 3.21. The van der Waals surface area contributed by atoms with Crippen molar-refractivity contribution < 1.29 is 13.7 Å². The molecule has 3 aromatic rings. The van der Waals surface area contributed by atoms with Gasteiger partial charge in [0.1, 0.15) is 6.61 Å². The van der Waals surface area contributed by atoms with E-state index in [0.717, 1.165) is 0 Å². The molecule has 6 nitrogen and oxygen atoms in total. The summed E-state index contributed by atoms with van der Waals surface area (Å²) in [6, 6.07) is 7.70. The second-order valence-corrected chi connectivity index (χ2v) is 6.95. The first-order valence-corrected chi connectivity index (χ1v) is 9.05. The number of thiazole rings is 1. The van der Waals surface area contributed by atoms with E-state index >= 15 is 0 Å². The number of nitrogens with zero attached hydrogens (tertiary/aromatic N) is 2. The van der Waals surface area contributed by atoms with Crippen LogP contribution in [-0.4, -0.2) is 25.8 Å². The molecule has 0 N–H and O–H groups in total. The number of ether oxygens (including phenoxy) is 1. The van der Waals surface area contributed by atoms with Crippen molar-refractivity contribution in [3.05, 3.63) is 63.5 Å². The summed E-state index contributed by atoms with van der Waals surface area (Å²) >= 11 is 1.33. The zero-order valence-corrected chi connectivity index (χ0v) is 13.7. The van der Waals surface area contributed by atoms with Crippen LogP contribution in [0.5, 0.6) is 0 Å². The third-order valence-corrected chi connectivity index (χ3v) is 4.82. The van der Waals surface area contributed by atoms with Crippen molar-refractivity contribution in [2.45, 2.75) is 11.5 Å². The van der Waals surface area contributed by atoms with Crippen LogP contribution in [0.3, 0.4) is 0 Å². The minimum absolute atomic E-state index is 0.0794. The molecule has 0 aliphatic rings. The summed E-state index contributed by atoms with van der Waals surface area (Å²) in [6.45, 7) is -0.0794. The molecule has 0 aliphatic carbocycles. The third-order valence-electron chi connectivity index (χ3n) is 3.13. The lowest BCUT2D eigenvalue weighted by atomic mass is 10.2. The molecule has 118 valence electrons. The Bertz CT molecular complexity index is 944. The lowest BCUT2D eigenvalue weighted by Gasteiger charge is -2.05. The third kappa shape index (κ3) is 3.38. The number of fused-ring (bicyclic) bond motifs is 1. The van der Waals surface area contributed by atoms with Crippen molar-refractivity contribution in [3.63, 3.8) is 0 Å². The van der Waals surface area contributed by atoms with E-state index in [1.54, 1.807) is 42.1 Å². The molecule has 0 amide bonds. The van der Waals surface area contributed by atoms with Gasteiger partial charge in [-0.05, 0) is 24.3 Å². The maximum absolute atomic E-state index is 12.0. The summed E-state index contributed by atoms with van der Waals surface area (Å²) < 4.78 is 17.9. The Kier molecular flexibility index (Phi) is 4.35. The van der Waals surface area contributed by atoms with Gasteiger partial charge in [0.2, 0.25) is 0 Å². The number of esters is 1. The molecule has 3 rings (SSSR count). The quantitative estimate of drug-likeness (QED) is 0.673. The largest absolute Gasteiger partial charge is 0.456 e. The van der Waals surface area contributed by atoms with E-state index in [2.05, 4.69) is 4.98 Å². The van der Waals surface area contributed by atoms with Crippen molar-refractivity contribution in [2.75, 3.05) is 6.26 Å². The second kappa shape index (κ2) is 6.43. The minimum Gasteiger partial charge on any atom is -0.456 e. The average molecular weight is 348 g/mol. The van der Waals surface area contributed by atoms with E-state index in [4.69, 9.17) is 4.74 Å². The molecule has 0 saturated carbocycles. The zero-order chi connectivity index (χ0) is 16.4. The molecule has 2 heterocycles. The summed E-state index contributed by atoms with van der Waals surface area (Å²) in [5.41, 5.74) is 0.544. The molecule has 23 heavy (non-hydrogen) atoms. The van der Waals surface area contributed by atoms with Crippen LogP contribution in [0.2, 0.25) is 0 Å². The van der Waals surface area contributed by atoms with Crippen molar-refractivity contribution in [2.24, 2.45) is 0 Å². The zero-order valence-electron chi connectivity index (χ0n) is 12.1. The highest BCUT2D eigenvalue weighted by Crippen LogP contribution is 2.11. The fourth-order valence-corrected chi connectivity index (χ4v) is 3.23. The molecule has 0 fully saturated rings. The fraction of sp³-hybridized carbons (Fsp3) is 0.133. The molecule has 8 heteroatoms. The number of benzene rings is 1. The Hall–Kier alpha value is -2.32. The summed E-state index contributed by atoms with van der Waals surface area (Å²) in [7, 11) is -1.09. The Morgan fingerprint density at radius 1 is 1.35 bits per heavy atom. The van der Waals surface area contributed by atoms with E-state index in [1.165, 1.54) is 21.8 Å². The van der Waals surface area contributed by atoms with Gasteiger partial charge in [-0.15, -0.1) is 11.3 Å². The van der Waals surface area contributed by atoms with Crippen molar-refractivity contribution in [1.82, 2.24) is 9.38 Å². The second-order valence-electron chi connectivity index (χ2n) is 4.70. The predicted molar refractivity (Wildman–Crippen MR) is 87.2 cm³/mol. The Morgan fingerprint density at radius 2 is 2.09 bits per heavy atom. The van der Waals surface area contributed by atoms with Gasteiger partial charge in [0.15, 0.2) is 4.96 Å². The van der Waals surface area contributed by atoms with Gasteiger partial charge in [-0.2, -0.15) is 0 Å². The minimum atomic E-state index is -1.09. The predicted octanol–water partition coefficient (Wildman–Crippen LogP) is 1.85. The first-order valence-electron chi connectivity index (χ1n) is 6.61. The number of rotatable bonds is 4. The van der Waals surface area contributed by atoms with Crippen LogP contribution < -0.4 is 5.56 Å². The molecule has 0 bridgehead atoms. The Balaban J connectivity index is 1.72. The number of carbonyl (C=O) groups excluding carboxylic acids is 1. The van der Waals surface area contributed by atoms with Crippen LogP contribution in [0, 0.1) is 0 Å². The van der Waals surface area contributed by atoms with Crippen LogP contribution in [-0.2, 0) is 22.1 Å². The molecule has 1 atom stereocenters. The molecule has 0 saturated heterocycles. The van der Waals surface area contributed by atoms with Gasteiger partial charge in [0, 0.05) is 39.6 Å².